The molecule has 1 aliphatic carbocycles. The summed E-state index contributed by atoms with van der Waals surface area (Å²) >= 11 is 0. The van der Waals surface area contributed by atoms with Gasteiger partial charge in [0.25, 0.3) is 5.91 Å². The second kappa shape index (κ2) is 8.94. The van der Waals surface area contributed by atoms with Crippen molar-refractivity contribution >= 4 is 17.5 Å². The van der Waals surface area contributed by atoms with Crippen LogP contribution in [0.5, 0.6) is 11.5 Å². The molecule has 1 amide bonds. The smallest absolute Gasteiger partial charge is 0.270 e. The lowest BCUT2D eigenvalue weighted by Crippen LogP contribution is -2.26. The van der Waals surface area contributed by atoms with Crippen molar-refractivity contribution in [2.75, 3.05) is 25.1 Å². The van der Waals surface area contributed by atoms with Crippen molar-refractivity contribution in [1.29, 1.82) is 0 Å². The van der Waals surface area contributed by atoms with Gasteiger partial charge in [-0.15, -0.1) is 0 Å². The molecule has 0 saturated carbocycles. The number of carbonyl (C=O) groups is 1. The fourth-order valence-corrected chi connectivity index (χ4v) is 3.55. The normalized spacial score (nSPS) is 15.4. The van der Waals surface area contributed by atoms with Gasteiger partial charge in [-0.2, -0.15) is 0 Å². The molecule has 2 heterocycles. The quantitative estimate of drug-likeness (QED) is 0.723. The number of benzene rings is 1. The van der Waals surface area contributed by atoms with E-state index in [9.17, 15) is 4.79 Å². The lowest BCUT2D eigenvalue weighted by molar-refractivity contribution is 0.0949. The molecule has 152 valence electrons. The van der Waals surface area contributed by atoms with Crippen LogP contribution in [-0.4, -0.2) is 35.6 Å². The van der Waals surface area contributed by atoms with Crippen molar-refractivity contribution in [3.05, 3.63) is 47.3 Å². The molecular formula is C22H26N4O3. The Labute approximate surface area is 170 Å². The van der Waals surface area contributed by atoms with Gasteiger partial charge in [-0.3, -0.25) is 4.79 Å². The molecular weight excluding hydrogens is 368 g/mol. The predicted molar refractivity (Wildman–Crippen MR) is 111 cm³/mol. The number of amides is 1. The summed E-state index contributed by atoms with van der Waals surface area (Å²) in [5.41, 5.74) is 3.29. The van der Waals surface area contributed by atoms with E-state index in [4.69, 9.17) is 9.47 Å². The second-order valence-electron chi connectivity index (χ2n) is 7.32. The number of carbonyl (C=O) groups excluding carboxylic acids is 1. The van der Waals surface area contributed by atoms with Crippen molar-refractivity contribution in [1.82, 2.24) is 15.3 Å². The molecule has 7 heteroatoms. The van der Waals surface area contributed by atoms with E-state index in [1.165, 1.54) is 18.4 Å². The Morgan fingerprint density at radius 1 is 1.10 bits per heavy atom. The molecule has 2 aliphatic rings. The van der Waals surface area contributed by atoms with Crippen molar-refractivity contribution in [3.63, 3.8) is 0 Å². The first-order chi connectivity index (χ1) is 14.2. The largest absolute Gasteiger partial charge is 0.486 e. The predicted octanol–water partition coefficient (Wildman–Crippen LogP) is 3.92. The van der Waals surface area contributed by atoms with Gasteiger partial charge in [0.2, 0.25) is 5.95 Å². The molecule has 1 aromatic heterocycles. The van der Waals surface area contributed by atoms with Gasteiger partial charge in [0.1, 0.15) is 18.9 Å². The van der Waals surface area contributed by atoms with E-state index in [-0.39, 0.29) is 5.91 Å². The number of ether oxygens (including phenoxy) is 2. The van der Waals surface area contributed by atoms with Gasteiger partial charge in [-0.05, 0) is 57.2 Å². The molecule has 1 aliphatic heterocycles. The summed E-state index contributed by atoms with van der Waals surface area (Å²) in [5.74, 6) is 1.60. The zero-order valence-corrected chi connectivity index (χ0v) is 16.7. The van der Waals surface area contributed by atoms with Crippen LogP contribution in [-0.2, 0) is 0 Å². The zero-order valence-electron chi connectivity index (χ0n) is 16.7. The Bertz CT molecular complexity index is 926. The van der Waals surface area contributed by atoms with Crippen LogP contribution in [0.3, 0.4) is 0 Å². The van der Waals surface area contributed by atoms with Crippen molar-refractivity contribution in [2.45, 2.75) is 39.0 Å². The van der Waals surface area contributed by atoms with Gasteiger partial charge in [-0.25, -0.2) is 9.97 Å². The van der Waals surface area contributed by atoms with Crippen molar-refractivity contribution in [3.8, 4) is 11.5 Å². The monoisotopic (exact) mass is 394 g/mol. The van der Waals surface area contributed by atoms with E-state index >= 15 is 0 Å². The summed E-state index contributed by atoms with van der Waals surface area (Å²) in [5, 5.41) is 6.12. The third kappa shape index (κ3) is 5.04. The molecule has 4 rings (SSSR count). The molecule has 29 heavy (non-hydrogen) atoms. The average molecular weight is 394 g/mol. The Hall–Kier alpha value is -3.09. The number of fused-ring (bicyclic) bond motifs is 1. The van der Waals surface area contributed by atoms with Gasteiger partial charge >= 0.3 is 0 Å². The van der Waals surface area contributed by atoms with Crippen LogP contribution in [0, 0.1) is 6.92 Å². The van der Waals surface area contributed by atoms with E-state index in [0.29, 0.717) is 37.2 Å². The van der Waals surface area contributed by atoms with Gasteiger partial charge in [-0.1, -0.05) is 11.6 Å². The number of nitrogens with zero attached hydrogens (tertiary/aromatic N) is 2. The fourth-order valence-electron chi connectivity index (χ4n) is 3.55. The fraction of sp³-hybridized carbons (Fsp3) is 0.409. The Morgan fingerprint density at radius 3 is 2.79 bits per heavy atom. The third-order valence-corrected chi connectivity index (χ3v) is 5.00. The number of anilines is 2. The maximum atomic E-state index is 12.5. The van der Waals surface area contributed by atoms with E-state index < -0.39 is 0 Å². The molecule has 0 saturated heterocycles. The summed E-state index contributed by atoms with van der Waals surface area (Å²) in [6.07, 6.45) is 8.03. The highest BCUT2D eigenvalue weighted by Gasteiger charge is 2.14. The minimum Gasteiger partial charge on any atom is -0.486 e. The average Bonchev–Trinajstić information content (AvgIpc) is 2.74. The molecule has 0 fully saturated rings. The molecule has 2 aromatic rings. The van der Waals surface area contributed by atoms with Gasteiger partial charge in [0, 0.05) is 24.0 Å². The summed E-state index contributed by atoms with van der Waals surface area (Å²) < 4.78 is 11.1. The van der Waals surface area contributed by atoms with E-state index in [2.05, 4.69) is 26.7 Å². The number of hydrogen-bond acceptors (Lipinski definition) is 6. The van der Waals surface area contributed by atoms with Gasteiger partial charge < -0.3 is 20.1 Å². The molecule has 0 atom stereocenters. The minimum absolute atomic E-state index is 0.183. The summed E-state index contributed by atoms with van der Waals surface area (Å²) in [4.78, 5) is 21.3. The first-order valence-corrected chi connectivity index (χ1v) is 10.2. The lowest BCUT2D eigenvalue weighted by atomic mass is 9.97. The van der Waals surface area contributed by atoms with E-state index in [1.807, 2.05) is 25.1 Å². The molecule has 0 radical (unpaired) electrons. The first-order valence-electron chi connectivity index (χ1n) is 10.2. The van der Waals surface area contributed by atoms with Crippen LogP contribution in [0.2, 0.25) is 0 Å². The highest BCUT2D eigenvalue weighted by Crippen LogP contribution is 2.33. The number of aryl methyl sites for hydroxylation is 1. The van der Waals surface area contributed by atoms with Crippen molar-refractivity contribution < 1.29 is 14.3 Å². The maximum Gasteiger partial charge on any atom is 0.270 e. The third-order valence-electron chi connectivity index (χ3n) is 5.00. The Kier molecular flexibility index (Phi) is 5.93. The number of rotatable bonds is 6. The minimum atomic E-state index is -0.183. The SMILES string of the molecule is Cc1cc(C(=O)NCCC2=CCCCC2)nc(Nc2ccc3c(c2)OCCO3)n1. The van der Waals surface area contributed by atoms with Crippen LogP contribution in [0.1, 0.15) is 48.3 Å². The standard InChI is InChI=1S/C22H26N4O3/c1-15-13-18(21(27)23-10-9-16-5-3-2-4-6-16)26-22(24-15)25-17-7-8-19-20(14-17)29-12-11-28-19/h5,7-8,13-14H,2-4,6,9-12H2,1H3,(H,23,27)(H,24,25,26). The Balaban J connectivity index is 1.40. The van der Waals surface area contributed by atoms with Gasteiger partial charge in [0.15, 0.2) is 11.5 Å². The van der Waals surface area contributed by atoms with Crippen LogP contribution in [0.25, 0.3) is 0 Å². The number of allylic oxidation sites excluding steroid dienone is 1. The van der Waals surface area contributed by atoms with Crippen LogP contribution >= 0.6 is 0 Å². The maximum absolute atomic E-state index is 12.5. The second-order valence-corrected chi connectivity index (χ2v) is 7.32. The molecule has 0 bridgehead atoms. The number of nitrogens with one attached hydrogen (secondary N) is 2. The molecule has 0 spiro atoms. The zero-order chi connectivity index (χ0) is 20.1. The molecule has 2 N–H and O–H groups in total. The Morgan fingerprint density at radius 2 is 1.97 bits per heavy atom. The molecule has 1 aromatic carbocycles. The highest BCUT2D eigenvalue weighted by molar-refractivity contribution is 5.92. The van der Waals surface area contributed by atoms with Crippen LogP contribution in [0.15, 0.2) is 35.9 Å². The summed E-state index contributed by atoms with van der Waals surface area (Å²) in [6.45, 7) is 3.55. The highest BCUT2D eigenvalue weighted by atomic mass is 16.6. The van der Waals surface area contributed by atoms with E-state index in [1.54, 1.807) is 6.07 Å². The van der Waals surface area contributed by atoms with Gasteiger partial charge in [0.05, 0.1) is 0 Å². The molecule has 0 unspecified atom stereocenters. The number of aromatic nitrogens is 2. The van der Waals surface area contributed by atoms with Crippen LogP contribution < -0.4 is 20.1 Å². The summed E-state index contributed by atoms with van der Waals surface area (Å²) in [7, 11) is 0. The lowest BCUT2D eigenvalue weighted by Gasteiger charge is -2.19. The summed E-state index contributed by atoms with van der Waals surface area (Å²) in [6, 6.07) is 7.26. The number of hydrogen-bond donors (Lipinski definition) is 2. The van der Waals surface area contributed by atoms with Crippen LogP contribution in [0.4, 0.5) is 11.6 Å². The molecule has 7 nitrogen and oxygen atoms in total. The first kappa shape index (κ1) is 19.2. The van der Waals surface area contributed by atoms with Crippen molar-refractivity contribution in [2.24, 2.45) is 0 Å². The topological polar surface area (TPSA) is 85.4 Å². The van der Waals surface area contributed by atoms with E-state index in [0.717, 1.165) is 36.4 Å².